The van der Waals surface area contributed by atoms with Crippen molar-refractivity contribution in [3.8, 4) is 16.9 Å². The fourth-order valence-electron chi connectivity index (χ4n) is 4.05. The summed E-state index contributed by atoms with van der Waals surface area (Å²) in [5.41, 5.74) is 2.63. The quantitative estimate of drug-likeness (QED) is 0.212. The first-order chi connectivity index (χ1) is 17.4. The third-order valence-electron chi connectivity index (χ3n) is 5.75. The van der Waals surface area contributed by atoms with Crippen LogP contribution in [0.5, 0.6) is 0 Å². The number of nitrogens with zero attached hydrogens (tertiary/aromatic N) is 5. The molecular weight excluding hydrogens is 464 g/mol. The number of nitro groups is 1. The Kier molecular flexibility index (Phi) is 7.40. The predicted molar refractivity (Wildman–Crippen MR) is 139 cm³/mol. The average molecular weight is 491 g/mol. The van der Waals surface area contributed by atoms with Gasteiger partial charge < -0.3 is 20.2 Å². The first-order valence-electron chi connectivity index (χ1n) is 11.4. The fraction of sp³-hybridized carbons (Fsp3) is 0.240. The summed E-state index contributed by atoms with van der Waals surface area (Å²) in [5, 5.41) is 31.6. The van der Waals surface area contributed by atoms with Crippen molar-refractivity contribution >= 4 is 29.4 Å². The highest BCUT2D eigenvalue weighted by molar-refractivity contribution is 5.84. The molecule has 0 aliphatic carbocycles. The molecule has 0 spiro atoms. The van der Waals surface area contributed by atoms with E-state index in [-0.39, 0.29) is 17.1 Å². The van der Waals surface area contributed by atoms with E-state index in [1.807, 2.05) is 17.9 Å². The fourth-order valence-corrected chi connectivity index (χ4v) is 4.05. The van der Waals surface area contributed by atoms with Crippen molar-refractivity contribution in [3.63, 3.8) is 0 Å². The van der Waals surface area contributed by atoms with Crippen LogP contribution in [0.25, 0.3) is 23.0 Å². The zero-order valence-electron chi connectivity index (χ0n) is 19.8. The van der Waals surface area contributed by atoms with Gasteiger partial charge in [-0.25, -0.2) is 0 Å². The summed E-state index contributed by atoms with van der Waals surface area (Å²) in [6, 6.07) is 11.6. The lowest BCUT2D eigenvalue weighted by Gasteiger charge is -2.29. The van der Waals surface area contributed by atoms with E-state index in [9.17, 15) is 14.9 Å². The molecule has 1 aliphatic rings. The minimum Gasteiger partial charge on any atom is -0.411 e. The van der Waals surface area contributed by atoms with Crippen molar-refractivity contribution in [2.24, 2.45) is 5.16 Å². The highest BCUT2D eigenvalue weighted by Gasteiger charge is 2.23. The lowest BCUT2D eigenvalue weighted by Crippen LogP contribution is -2.36. The van der Waals surface area contributed by atoms with Crippen molar-refractivity contribution < 1.29 is 14.9 Å². The maximum absolute atomic E-state index is 13.4. The molecule has 3 aromatic rings. The number of rotatable bonds is 8. The molecule has 4 rings (SSSR count). The summed E-state index contributed by atoms with van der Waals surface area (Å²) in [6.07, 6.45) is 2.91. The number of oxime groups is 1. The minimum absolute atomic E-state index is 0.0621. The highest BCUT2D eigenvalue weighted by atomic mass is 16.6. The molecule has 0 amide bonds. The molecule has 2 N–H and O–H groups in total. The van der Waals surface area contributed by atoms with Gasteiger partial charge in [-0.2, -0.15) is 9.78 Å². The van der Waals surface area contributed by atoms with Crippen LogP contribution in [-0.4, -0.2) is 59.0 Å². The van der Waals surface area contributed by atoms with Gasteiger partial charge in [-0.1, -0.05) is 17.8 Å². The van der Waals surface area contributed by atoms with Crippen LogP contribution < -0.4 is 15.8 Å². The number of hydrogen-bond donors (Lipinski definition) is 2. The van der Waals surface area contributed by atoms with Gasteiger partial charge in [0.2, 0.25) is 0 Å². The third-order valence-corrected chi connectivity index (χ3v) is 5.75. The Balaban J connectivity index is 1.95. The molecule has 2 aromatic carbocycles. The summed E-state index contributed by atoms with van der Waals surface area (Å²) < 4.78 is 6.48. The summed E-state index contributed by atoms with van der Waals surface area (Å²) in [6.45, 7) is 8.46. The predicted octanol–water partition coefficient (Wildman–Crippen LogP) is 3.53. The second kappa shape index (κ2) is 10.8. The molecule has 0 atom stereocenters. The normalized spacial score (nSPS) is 13.6. The molecule has 0 bridgehead atoms. The van der Waals surface area contributed by atoms with Crippen molar-refractivity contribution in [2.75, 3.05) is 43.1 Å². The van der Waals surface area contributed by atoms with Gasteiger partial charge in [0.25, 0.3) is 11.2 Å². The molecule has 11 nitrogen and oxygen atoms in total. The number of ether oxygens (including phenoxy) is 1. The topological polar surface area (TPSA) is 135 Å². The molecule has 0 radical (unpaired) electrons. The number of anilines is 2. The van der Waals surface area contributed by atoms with Gasteiger partial charge in [0, 0.05) is 37.0 Å². The van der Waals surface area contributed by atoms with Crippen LogP contribution in [0.2, 0.25) is 0 Å². The molecule has 2 heterocycles. The molecule has 1 saturated heterocycles. The summed E-state index contributed by atoms with van der Waals surface area (Å²) in [7, 11) is 0. The molecule has 0 saturated carbocycles. The lowest BCUT2D eigenvalue weighted by molar-refractivity contribution is -0.384. The van der Waals surface area contributed by atoms with Gasteiger partial charge in [0.1, 0.15) is 11.4 Å². The number of hydrogen-bond acceptors (Lipinski definition) is 9. The number of aromatic nitrogens is 2. The molecular formula is C25H26N6O5. The summed E-state index contributed by atoms with van der Waals surface area (Å²) in [5.74, 6) is 0. The van der Waals surface area contributed by atoms with Crippen LogP contribution in [0.4, 0.5) is 17.1 Å². The first-order valence-corrected chi connectivity index (χ1v) is 11.4. The van der Waals surface area contributed by atoms with Crippen LogP contribution in [-0.2, 0) is 4.74 Å². The molecule has 1 aliphatic heterocycles. The zero-order valence-corrected chi connectivity index (χ0v) is 19.8. The standard InChI is InChI=1S/C25H26N6O5/c1-3-17-11-18(16-27-33)13-19(12-17)21-15-22(26-4-2)25(32)30(28-21)24-14-20(5-6-23(24)31(34)35)29-7-9-36-10-8-29/h3,5-6,11-16,26,33H,1,4,7-10H2,2H3/b27-16+. The van der Waals surface area contributed by atoms with Crippen molar-refractivity contribution in [1.29, 1.82) is 0 Å². The van der Waals surface area contributed by atoms with Gasteiger partial charge in [-0.05, 0) is 54.4 Å². The number of nitrogens with one attached hydrogen (secondary N) is 1. The first kappa shape index (κ1) is 24.6. The van der Waals surface area contributed by atoms with E-state index in [1.54, 1.807) is 36.4 Å². The van der Waals surface area contributed by atoms with Crippen molar-refractivity contribution in [3.05, 3.63) is 80.6 Å². The van der Waals surface area contributed by atoms with Crippen molar-refractivity contribution in [2.45, 2.75) is 6.92 Å². The third kappa shape index (κ3) is 5.10. The second-order valence-corrected chi connectivity index (χ2v) is 8.06. The van der Waals surface area contributed by atoms with Crippen LogP contribution in [0.15, 0.2) is 59.0 Å². The largest absolute Gasteiger partial charge is 0.411 e. The van der Waals surface area contributed by atoms with Crippen LogP contribution >= 0.6 is 0 Å². The Morgan fingerprint density at radius 3 is 2.64 bits per heavy atom. The SMILES string of the molecule is C=Cc1cc(/C=N/O)cc(-c2cc(NCC)c(=O)n(-c3cc(N4CCOCC4)ccc3[N+](=O)[O-])n2)c1. The van der Waals surface area contributed by atoms with Crippen LogP contribution in [0.1, 0.15) is 18.1 Å². The Bertz CT molecular complexity index is 1380. The maximum Gasteiger partial charge on any atom is 0.295 e. The summed E-state index contributed by atoms with van der Waals surface area (Å²) >= 11 is 0. The molecule has 186 valence electrons. The van der Waals surface area contributed by atoms with E-state index in [1.165, 1.54) is 12.3 Å². The summed E-state index contributed by atoms with van der Waals surface area (Å²) in [4.78, 5) is 26.9. The lowest BCUT2D eigenvalue weighted by atomic mass is 10.0. The van der Waals surface area contributed by atoms with Gasteiger partial charge >= 0.3 is 0 Å². The Morgan fingerprint density at radius 2 is 1.97 bits per heavy atom. The van der Waals surface area contributed by atoms with Gasteiger partial charge in [0.05, 0.1) is 30.0 Å². The molecule has 36 heavy (non-hydrogen) atoms. The minimum atomic E-state index is -0.527. The van der Waals surface area contributed by atoms with E-state index in [0.29, 0.717) is 49.7 Å². The van der Waals surface area contributed by atoms with E-state index in [0.717, 1.165) is 15.9 Å². The number of morpholine rings is 1. The Morgan fingerprint density at radius 1 is 1.22 bits per heavy atom. The van der Waals surface area contributed by atoms with Gasteiger partial charge in [-0.3, -0.25) is 14.9 Å². The number of benzene rings is 2. The molecule has 1 aromatic heterocycles. The monoisotopic (exact) mass is 490 g/mol. The number of nitro benzene ring substituents is 1. The van der Waals surface area contributed by atoms with Gasteiger partial charge in [0.15, 0.2) is 0 Å². The molecule has 1 fully saturated rings. The maximum atomic E-state index is 13.4. The van der Waals surface area contributed by atoms with Crippen molar-refractivity contribution in [1.82, 2.24) is 9.78 Å². The zero-order chi connectivity index (χ0) is 25.7. The highest BCUT2D eigenvalue weighted by Crippen LogP contribution is 2.29. The van der Waals surface area contributed by atoms with E-state index < -0.39 is 10.5 Å². The van der Waals surface area contributed by atoms with E-state index in [2.05, 4.69) is 22.2 Å². The Hall–Kier alpha value is -4.51. The van der Waals surface area contributed by atoms with Gasteiger partial charge in [-0.15, -0.1) is 0 Å². The molecule has 11 heteroatoms. The van der Waals surface area contributed by atoms with Crippen LogP contribution in [0, 0.1) is 10.1 Å². The van der Waals surface area contributed by atoms with E-state index in [4.69, 9.17) is 9.94 Å². The second-order valence-electron chi connectivity index (χ2n) is 8.06. The smallest absolute Gasteiger partial charge is 0.295 e. The molecule has 0 unspecified atom stereocenters. The van der Waals surface area contributed by atoms with Crippen LogP contribution in [0.3, 0.4) is 0 Å². The van der Waals surface area contributed by atoms with E-state index >= 15 is 0 Å². The Labute approximate surface area is 207 Å². The average Bonchev–Trinajstić information content (AvgIpc) is 2.90.